The summed E-state index contributed by atoms with van der Waals surface area (Å²) in [5.74, 6) is 0. The van der Waals surface area contributed by atoms with Crippen LogP contribution in [-0.2, 0) is 19.6 Å². The molecular weight excluding hydrogens is 328 g/mol. The highest BCUT2D eigenvalue weighted by atomic mass is 15.0. The van der Waals surface area contributed by atoms with Crippen molar-refractivity contribution in [1.29, 1.82) is 0 Å². The van der Waals surface area contributed by atoms with Crippen LogP contribution in [0.1, 0.15) is 27.8 Å². The van der Waals surface area contributed by atoms with Gasteiger partial charge in [0.15, 0.2) is 0 Å². The Hall–Kier alpha value is -2.84. The second-order valence-electron chi connectivity index (χ2n) is 7.37. The molecule has 1 N–H and O–H groups in total. The molecule has 0 atom stereocenters. The molecule has 0 aliphatic rings. The molecule has 136 valence electrons. The highest BCUT2D eigenvalue weighted by molar-refractivity contribution is 5.84. The number of fused-ring (bicyclic) bond motifs is 1. The maximum absolute atomic E-state index is 3.60. The van der Waals surface area contributed by atoms with E-state index in [0.29, 0.717) is 0 Å². The third kappa shape index (κ3) is 4.12. The van der Waals surface area contributed by atoms with Gasteiger partial charge in [-0.15, -0.1) is 0 Å². The number of nitrogens with zero attached hydrogens (tertiary/aromatic N) is 1. The van der Waals surface area contributed by atoms with Crippen molar-refractivity contribution >= 4 is 10.9 Å². The molecule has 3 aromatic carbocycles. The molecule has 27 heavy (non-hydrogen) atoms. The number of hydrogen-bond donors (Lipinski definition) is 1. The summed E-state index contributed by atoms with van der Waals surface area (Å²) in [7, 11) is 0. The van der Waals surface area contributed by atoms with Crippen molar-refractivity contribution in [3.8, 4) is 0 Å². The fourth-order valence-corrected chi connectivity index (χ4v) is 3.53. The Morgan fingerprint density at radius 3 is 2.04 bits per heavy atom. The minimum atomic E-state index is 0.870. The van der Waals surface area contributed by atoms with Crippen LogP contribution in [0, 0.1) is 13.8 Å². The average Bonchev–Trinajstić information content (AvgIpc) is 3.03. The van der Waals surface area contributed by atoms with Gasteiger partial charge in [-0.25, -0.2) is 0 Å². The summed E-state index contributed by atoms with van der Waals surface area (Å²) in [6.45, 7) is 6.92. The van der Waals surface area contributed by atoms with E-state index in [2.05, 4.69) is 103 Å². The summed E-state index contributed by atoms with van der Waals surface area (Å²) in [4.78, 5) is 0. The highest BCUT2D eigenvalue weighted by Gasteiger charge is 2.08. The van der Waals surface area contributed by atoms with Gasteiger partial charge < -0.3 is 9.88 Å². The number of benzene rings is 3. The fraction of sp³-hybridized carbons (Fsp3) is 0.200. The summed E-state index contributed by atoms with van der Waals surface area (Å²) >= 11 is 0. The molecule has 4 rings (SSSR count). The zero-order valence-electron chi connectivity index (χ0n) is 16.1. The topological polar surface area (TPSA) is 17.0 Å². The molecule has 0 amide bonds. The van der Waals surface area contributed by atoms with Crippen LogP contribution < -0.4 is 5.32 Å². The molecule has 0 fully saturated rings. The van der Waals surface area contributed by atoms with Crippen molar-refractivity contribution in [2.45, 2.75) is 33.5 Å². The molecule has 0 unspecified atom stereocenters. The quantitative estimate of drug-likeness (QED) is 0.477. The Kier molecular flexibility index (Phi) is 5.08. The fourth-order valence-electron chi connectivity index (χ4n) is 3.53. The standard InChI is InChI=1S/C25H26N2/c1-19-7-11-21(12-8-19)15-26-16-23-18-27(25-6-4-3-5-24(23)25)17-22-13-9-20(2)10-14-22/h3-14,18,26H,15-17H2,1-2H3. The van der Waals surface area contributed by atoms with Gasteiger partial charge in [0.2, 0.25) is 0 Å². The normalized spacial score (nSPS) is 11.2. The molecule has 0 aliphatic carbocycles. The number of aromatic nitrogens is 1. The van der Waals surface area contributed by atoms with E-state index in [1.807, 2.05) is 0 Å². The second-order valence-corrected chi connectivity index (χ2v) is 7.37. The molecule has 2 nitrogen and oxygen atoms in total. The summed E-state index contributed by atoms with van der Waals surface area (Å²) in [6, 6.07) is 26.2. The number of aryl methyl sites for hydroxylation is 2. The van der Waals surface area contributed by atoms with Crippen LogP contribution in [-0.4, -0.2) is 4.57 Å². The Balaban J connectivity index is 1.52. The van der Waals surface area contributed by atoms with Crippen molar-refractivity contribution in [2.75, 3.05) is 0 Å². The van der Waals surface area contributed by atoms with Crippen molar-refractivity contribution < 1.29 is 0 Å². The van der Waals surface area contributed by atoms with Crippen LogP contribution in [0.5, 0.6) is 0 Å². The van der Waals surface area contributed by atoms with E-state index in [4.69, 9.17) is 0 Å². The first-order valence-electron chi connectivity index (χ1n) is 9.57. The van der Waals surface area contributed by atoms with Gasteiger partial charge in [0.25, 0.3) is 0 Å². The van der Waals surface area contributed by atoms with Gasteiger partial charge in [-0.1, -0.05) is 77.9 Å². The number of rotatable bonds is 6. The summed E-state index contributed by atoms with van der Waals surface area (Å²) < 4.78 is 2.36. The lowest BCUT2D eigenvalue weighted by molar-refractivity contribution is 0.692. The minimum Gasteiger partial charge on any atom is -0.343 e. The smallest absolute Gasteiger partial charge is 0.0486 e. The first-order valence-corrected chi connectivity index (χ1v) is 9.57. The molecule has 1 heterocycles. The molecule has 0 aliphatic heterocycles. The van der Waals surface area contributed by atoms with Gasteiger partial charge in [-0.2, -0.15) is 0 Å². The molecule has 0 spiro atoms. The highest BCUT2D eigenvalue weighted by Crippen LogP contribution is 2.22. The van der Waals surface area contributed by atoms with Gasteiger partial charge in [0.1, 0.15) is 0 Å². The Bertz CT molecular complexity index is 1020. The van der Waals surface area contributed by atoms with Gasteiger partial charge in [-0.3, -0.25) is 0 Å². The molecule has 0 saturated carbocycles. The van der Waals surface area contributed by atoms with E-state index in [0.717, 1.165) is 19.6 Å². The lowest BCUT2D eigenvalue weighted by Crippen LogP contribution is -2.12. The van der Waals surface area contributed by atoms with Crippen molar-refractivity contribution in [1.82, 2.24) is 9.88 Å². The van der Waals surface area contributed by atoms with Gasteiger partial charge >= 0.3 is 0 Å². The number of nitrogens with one attached hydrogen (secondary N) is 1. The summed E-state index contributed by atoms with van der Waals surface area (Å²) in [6.07, 6.45) is 2.30. The summed E-state index contributed by atoms with van der Waals surface area (Å²) in [5.41, 5.74) is 7.91. The lowest BCUT2D eigenvalue weighted by atomic mass is 10.1. The van der Waals surface area contributed by atoms with Crippen molar-refractivity contribution in [3.63, 3.8) is 0 Å². The SMILES string of the molecule is Cc1ccc(CNCc2cn(Cc3ccc(C)cc3)c3ccccc23)cc1. The third-order valence-electron chi connectivity index (χ3n) is 5.11. The predicted molar refractivity (Wildman–Crippen MR) is 114 cm³/mol. The Labute approximate surface area is 161 Å². The van der Waals surface area contributed by atoms with Gasteiger partial charge in [0.05, 0.1) is 0 Å². The maximum Gasteiger partial charge on any atom is 0.0486 e. The Morgan fingerprint density at radius 2 is 1.33 bits per heavy atom. The minimum absolute atomic E-state index is 0.870. The molecule has 4 aromatic rings. The monoisotopic (exact) mass is 354 g/mol. The lowest BCUT2D eigenvalue weighted by Gasteiger charge is -2.06. The predicted octanol–water partition coefficient (Wildman–Crippen LogP) is 5.60. The second kappa shape index (κ2) is 7.81. The van der Waals surface area contributed by atoms with Gasteiger partial charge in [0, 0.05) is 36.7 Å². The van der Waals surface area contributed by atoms with Crippen LogP contribution in [0.2, 0.25) is 0 Å². The van der Waals surface area contributed by atoms with Crippen LogP contribution in [0.3, 0.4) is 0 Å². The molecular formula is C25H26N2. The van der Waals surface area contributed by atoms with Crippen molar-refractivity contribution in [3.05, 3.63) is 107 Å². The van der Waals surface area contributed by atoms with E-state index < -0.39 is 0 Å². The van der Waals surface area contributed by atoms with E-state index in [1.165, 1.54) is 38.7 Å². The Morgan fingerprint density at radius 1 is 0.704 bits per heavy atom. The molecule has 0 radical (unpaired) electrons. The van der Waals surface area contributed by atoms with E-state index >= 15 is 0 Å². The zero-order chi connectivity index (χ0) is 18.6. The first-order chi connectivity index (χ1) is 13.2. The van der Waals surface area contributed by atoms with Gasteiger partial charge in [-0.05, 0) is 36.6 Å². The van der Waals surface area contributed by atoms with Crippen LogP contribution in [0.4, 0.5) is 0 Å². The van der Waals surface area contributed by atoms with E-state index in [-0.39, 0.29) is 0 Å². The first kappa shape index (κ1) is 17.6. The van der Waals surface area contributed by atoms with Crippen LogP contribution >= 0.6 is 0 Å². The van der Waals surface area contributed by atoms with Crippen LogP contribution in [0.25, 0.3) is 10.9 Å². The average molecular weight is 354 g/mol. The van der Waals surface area contributed by atoms with E-state index in [1.54, 1.807) is 0 Å². The maximum atomic E-state index is 3.60. The van der Waals surface area contributed by atoms with Crippen molar-refractivity contribution in [2.24, 2.45) is 0 Å². The molecule has 1 aromatic heterocycles. The summed E-state index contributed by atoms with van der Waals surface area (Å²) in [5, 5.41) is 4.94. The number of hydrogen-bond acceptors (Lipinski definition) is 1. The number of para-hydroxylation sites is 1. The molecule has 0 saturated heterocycles. The van der Waals surface area contributed by atoms with E-state index in [9.17, 15) is 0 Å². The molecule has 0 bridgehead atoms. The zero-order valence-corrected chi connectivity index (χ0v) is 16.1. The molecule has 2 heteroatoms. The largest absolute Gasteiger partial charge is 0.343 e. The third-order valence-corrected chi connectivity index (χ3v) is 5.11. The van der Waals surface area contributed by atoms with Crippen LogP contribution in [0.15, 0.2) is 79.0 Å².